The first kappa shape index (κ1) is 18.3. The number of nitrogens with one attached hydrogen (secondary N) is 1. The van der Waals surface area contributed by atoms with E-state index in [1.807, 2.05) is 16.7 Å². The number of benzene rings is 1. The van der Waals surface area contributed by atoms with Gasteiger partial charge < -0.3 is 14.3 Å². The maximum absolute atomic E-state index is 12.5. The van der Waals surface area contributed by atoms with Crippen molar-refractivity contribution in [1.82, 2.24) is 19.9 Å². The van der Waals surface area contributed by atoms with Gasteiger partial charge >= 0.3 is 0 Å². The van der Waals surface area contributed by atoms with E-state index in [1.54, 1.807) is 36.5 Å². The van der Waals surface area contributed by atoms with E-state index in [-0.39, 0.29) is 12.5 Å². The van der Waals surface area contributed by atoms with Crippen molar-refractivity contribution in [2.45, 2.75) is 30.9 Å². The molecule has 0 aliphatic rings. The molecule has 0 aliphatic carbocycles. The largest absolute Gasteiger partial charge is 0.467 e. The monoisotopic (exact) mass is 392 g/mol. The van der Waals surface area contributed by atoms with Crippen LogP contribution in [0.1, 0.15) is 16.9 Å². The van der Waals surface area contributed by atoms with E-state index in [0.717, 1.165) is 27.7 Å². The SMILES string of the molecule is Cc1cccc(CSc2nc3ccncc3n2CC(=O)NCc2ccco2)c1. The molecule has 7 heteroatoms. The molecule has 0 atom stereocenters. The number of hydrogen-bond donors (Lipinski definition) is 1. The van der Waals surface area contributed by atoms with Crippen LogP contribution in [0.3, 0.4) is 0 Å². The molecule has 0 radical (unpaired) electrons. The number of aryl methyl sites for hydroxylation is 1. The number of carbonyl (C=O) groups excluding carboxylic acids is 1. The molecule has 0 bridgehead atoms. The quantitative estimate of drug-likeness (QED) is 0.482. The molecule has 0 fully saturated rings. The second-order valence-corrected chi connectivity index (χ2v) is 7.42. The Balaban J connectivity index is 1.52. The van der Waals surface area contributed by atoms with Crippen LogP contribution in [0.2, 0.25) is 0 Å². The molecule has 4 rings (SSSR count). The highest BCUT2D eigenvalue weighted by molar-refractivity contribution is 7.98. The molecule has 0 aliphatic heterocycles. The average Bonchev–Trinajstić information content (AvgIpc) is 3.33. The molecular weight excluding hydrogens is 372 g/mol. The summed E-state index contributed by atoms with van der Waals surface area (Å²) in [7, 11) is 0. The zero-order chi connectivity index (χ0) is 19.3. The predicted octanol–water partition coefficient (Wildman–Crippen LogP) is 3.94. The fraction of sp³-hybridized carbons (Fsp3) is 0.190. The third-order valence-corrected chi connectivity index (χ3v) is 5.36. The maximum atomic E-state index is 12.5. The zero-order valence-corrected chi connectivity index (χ0v) is 16.3. The number of fused-ring (bicyclic) bond motifs is 1. The Labute approximate surface area is 167 Å². The highest BCUT2D eigenvalue weighted by Crippen LogP contribution is 2.26. The minimum absolute atomic E-state index is 0.100. The first-order valence-corrected chi connectivity index (χ1v) is 9.95. The van der Waals surface area contributed by atoms with Crippen LogP contribution in [0.15, 0.2) is 70.7 Å². The van der Waals surface area contributed by atoms with Gasteiger partial charge in [-0.05, 0) is 30.7 Å². The molecule has 1 N–H and O–H groups in total. The van der Waals surface area contributed by atoms with Crippen molar-refractivity contribution in [2.24, 2.45) is 0 Å². The van der Waals surface area contributed by atoms with E-state index in [0.29, 0.717) is 6.54 Å². The van der Waals surface area contributed by atoms with Crippen LogP contribution in [-0.4, -0.2) is 20.4 Å². The Hall–Kier alpha value is -3.06. The van der Waals surface area contributed by atoms with E-state index in [9.17, 15) is 4.79 Å². The number of amides is 1. The number of aromatic nitrogens is 3. The summed E-state index contributed by atoms with van der Waals surface area (Å²) in [4.78, 5) is 21.4. The van der Waals surface area contributed by atoms with Gasteiger partial charge in [-0.3, -0.25) is 9.78 Å². The number of imidazole rings is 1. The van der Waals surface area contributed by atoms with Crippen molar-refractivity contribution in [3.63, 3.8) is 0 Å². The van der Waals surface area contributed by atoms with Crippen LogP contribution >= 0.6 is 11.8 Å². The van der Waals surface area contributed by atoms with E-state index in [1.165, 1.54) is 11.1 Å². The van der Waals surface area contributed by atoms with Gasteiger partial charge in [0.25, 0.3) is 0 Å². The highest BCUT2D eigenvalue weighted by atomic mass is 32.2. The van der Waals surface area contributed by atoms with Crippen LogP contribution in [0.5, 0.6) is 0 Å². The second-order valence-electron chi connectivity index (χ2n) is 6.48. The molecular formula is C21H20N4O2S. The smallest absolute Gasteiger partial charge is 0.240 e. The Morgan fingerprint density at radius 1 is 1.25 bits per heavy atom. The average molecular weight is 392 g/mol. The molecule has 0 saturated heterocycles. The van der Waals surface area contributed by atoms with Gasteiger partial charge in [-0.25, -0.2) is 4.98 Å². The summed E-state index contributed by atoms with van der Waals surface area (Å²) in [5.74, 6) is 1.41. The zero-order valence-electron chi connectivity index (χ0n) is 15.5. The first-order valence-electron chi connectivity index (χ1n) is 8.97. The molecule has 142 valence electrons. The molecule has 3 heterocycles. The van der Waals surface area contributed by atoms with Gasteiger partial charge in [-0.2, -0.15) is 0 Å². The summed E-state index contributed by atoms with van der Waals surface area (Å²) in [6.07, 6.45) is 5.06. The van der Waals surface area contributed by atoms with E-state index in [4.69, 9.17) is 9.40 Å². The number of furan rings is 1. The van der Waals surface area contributed by atoms with E-state index >= 15 is 0 Å². The van der Waals surface area contributed by atoms with Crippen LogP contribution in [-0.2, 0) is 23.6 Å². The summed E-state index contributed by atoms with van der Waals surface area (Å²) >= 11 is 1.62. The molecule has 28 heavy (non-hydrogen) atoms. The van der Waals surface area contributed by atoms with Gasteiger partial charge in [-0.1, -0.05) is 41.6 Å². The number of thioether (sulfide) groups is 1. The summed E-state index contributed by atoms with van der Waals surface area (Å²) in [6, 6.07) is 13.9. The predicted molar refractivity (Wildman–Crippen MR) is 109 cm³/mol. The molecule has 4 aromatic rings. The van der Waals surface area contributed by atoms with Gasteiger partial charge in [0.05, 0.1) is 30.0 Å². The molecule has 1 aromatic carbocycles. The molecule has 6 nitrogen and oxygen atoms in total. The van der Waals surface area contributed by atoms with Gasteiger partial charge in [0.2, 0.25) is 5.91 Å². The fourth-order valence-electron chi connectivity index (χ4n) is 2.96. The van der Waals surface area contributed by atoms with Crippen molar-refractivity contribution >= 4 is 28.7 Å². The molecule has 1 amide bonds. The summed E-state index contributed by atoms with van der Waals surface area (Å²) in [5.41, 5.74) is 4.14. The van der Waals surface area contributed by atoms with Crippen LogP contribution in [0.25, 0.3) is 11.0 Å². The fourth-order valence-corrected chi connectivity index (χ4v) is 3.92. The topological polar surface area (TPSA) is 73.0 Å². The van der Waals surface area contributed by atoms with Gasteiger partial charge in [0.15, 0.2) is 5.16 Å². The van der Waals surface area contributed by atoms with Crippen LogP contribution in [0, 0.1) is 6.92 Å². The maximum Gasteiger partial charge on any atom is 0.240 e. The number of nitrogens with zero attached hydrogens (tertiary/aromatic N) is 3. The van der Waals surface area contributed by atoms with E-state index in [2.05, 4.69) is 41.5 Å². The van der Waals surface area contributed by atoms with E-state index < -0.39 is 0 Å². The second kappa shape index (κ2) is 8.31. The Kier molecular flexibility index (Phi) is 5.43. The van der Waals surface area contributed by atoms with Gasteiger partial charge in [0, 0.05) is 11.9 Å². The normalized spacial score (nSPS) is 11.0. The minimum Gasteiger partial charge on any atom is -0.467 e. The minimum atomic E-state index is -0.100. The number of hydrogen-bond acceptors (Lipinski definition) is 5. The molecule has 0 unspecified atom stereocenters. The lowest BCUT2D eigenvalue weighted by atomic mass is 10.2. The third kappa shape index (κ3) is 4.26. The van der Waals surface area contributed by atoms with Crippen LogP contribution < -0.4 is 5.32 Å². The molecule has 3 aromatic heterocycles. The Morgan fingerprint density at radius 2 is 2.18 bits per heavy atom. The van der Waals surface area contributed by atoms with Crippen molar-refractivity contribution in [3.05, 3.63) is 78.0 Å². The Bertz CT molecular complexity index is 1090. The molecule has 0 spiro atoms. The van der Waals surface area contributed by atoms with Crippen molar-refractivity contribution in [3.8, 4) is 0 Å². The lowest BCUT2D eigenvalue weighted by Gasteiger charge is -2.09. The molecule has 0 saturated carbocycles. The number of rotatable bonds is 7. The first-order chi connectivity index (χ1) is 13.7. The Morgan fingerprint density at radius 3 is 3.00 bits per heavy atom. The lowest BCUT2D eigenvalue weighted by Crippen LogP contribution is -2.27. The van der Waals surface area contributed by atoms with Gasteiger partial charge in [0.1, 0.15) is 12.3 Å². The third-order valence-electron chi connectivity index (χ3n) is 4.31. The van der Waals surface area contributed by atoms with Crippen LogP contribution in [0.4, 0.5) is 0 Å². The summed E-state index contributed by atoms with van der Waals surface area (Å²) in [5, 5.41) is 3.69. The summed E-state index contributed by atoms with van der Waals surface area (Å²) in [6.45, 7) is 2.62. The van der Waals surface area contributed by atoms with Crippen molar-refractivity contribution in [1.29, 1.82) is 0 Å². The number of carbonyl (C=O) groups is 1. The van der Waals surface area contributed by atoms with Gasteiger partial charge in [-0.15, -0.1) is 0 Å². The number of pyridine rings is 1. The lowest BCUT2D eigenvalue weighted by molar-refractivity contribution is -0.122. The van der Waals surface area contributed by atoms with Crippen molar-refractivity contribution in [2.75, 3.05) is 0 Å². The standard InChI is InChI=1S/C21H20N4O2S/c1-15-4-2-5-16(10-15)14-28-21-24-18-7-8-22-12-19(18)25(21)13-20(26)23-11-17-6-3-9-27-17/h2-10,12H,11,13-14H2,1H3,(H,23,26). The van der Waals surface area contributed by atoms with Crippen molar-refractivity contribution < 1.29 is 9.21 Å². The highest BCUT2D eigenvalue weighted by Gasteiger charge is 2.15. The summed E-state index contributed by atoms with van der Waals surface area (Å²) < 4.78 is 7.18.